The van der Waals surface area contributed by atoms with Crippen LogP contribution in [0.1, 0.15) is 48.1 Å². The number of allylic oxidation sites excluding steroid dienone is 3. The summed E-state index contributed by atoms with van der Waals surface area (Å²) < 4.78 is 1.14. The van der Waals surface area contributed by atoms with Gasteiger partial charge in [-0.3, -0.25) is 9.69 Å². The Morgan fingerprint density at radius 3 is 2.67 bits per heavy atom. The van der Waals surface area contributed by atoms with E-state index in [9.17, 15) is 10.1 Å². The molecule has 2 aromatic rings. The van der Waals surface area contributed by atoms with Gasteiger partial charge in [-0.1, -0.05) is 19.1 Å². The number of ketones is 1. The lowest BCUT2D eigenvalue weighted by Gasteiger charge is -2.39. The van der Waals surface area contributed by atoms with Crippen molar-refractivity contribution < 1.29 is 4.79 Å². The molecule has 0 saturated carbocycles. The average Bonchev–Trinajstić information content (AvgIpc) is 3.13. The molecule has 0 fully saturated rings. The average molecular weight is 436 g/mol. The van der Waals surface area contributed by atoms with Crippen LogP contribution in [-0.2, 0) is 11.2 Å². The quantitative estimate of drug-likeness (QED) is 0.629. The fraction of sp³-hybridized carbons (Fsp3) is 0.333. The number of benzene rings is 1. The normalized spacial score (nSPS) is 19.2. The number of aryl methyl sites for hydroxylation is 2. The van der Waals surface area contributed by atoms with Crippen LogP contribution in [0.15, 0.2) is 57.2 Å². The van der Waals surface area contributed by atoms with Gasteiger partial charge in [0.05, 0.1) is 21.8 Å². The van der Waals surface area contributed by atoms with Crippen molar-refractivity contribution >= 4 is 34.6 Å². The first-order chi connectivity index (χ1) is 14.5. The van der Waals surface area contributed by atoms with E-state index in [1.807, 2.05) is 23.3 Å². The van der Waals surface area contributed by atoms with E-state index in [0.717, 1.165) is 46.0 Å². The maximum absolute atomic E-state index is 13.2. The van der Waals surface area contributed by atoms with E-state index in [-0.39, 0.29) is 11.7 Å². The Labute approximate surface area is 186 Å². The fourth-order valence-corrected chi connectivity index (χ4v) is 6.36. The van der Waals surface area contributed by atoms with Gasteiger partial charge in [-0.25, -0.2) is 0 Å². The van der Waals surface area contributed by atoms with Crippen molar-refractivity contribution in [3.63, 3.8) is 0 Å². The van der Waals surface area contributed by atoms with Gasteiger partial charge in [0, 0.05) is 28.3 Å². The number of anilines is 1. The van der Waals surface area contributed by atoms with E-state index in [2.05, 4.69) is 38.1 Å². The van der Waals surface area contributed by atoms with Gasteiger partial charge in [0.2, 0.25) is 0 Å². The smallest absolute Gasteiger partial charge is 0.161 e. The van der Waals surface area contributed by atoms with Gasteiger partial charge in [-0.2, -0.15) is 5.26 Å². The molecule has 0 bridgehead atoms. The Morgan fingerprint density at radius 2 is 2.03 bits per heavy atom. The van der Waals surface area contributed by atoms with E-state index in [1.165, 1.54) is 10.4 Å². The van der Waals surface area contributed by atoms with Crippen LogP contribution in [0.25, 0.3) is 0 Å². The van der Waals surface area contributed by atoms with Crippen molar-refractivity contribution in [3.05, 3.63) is 69.0 Å². The molecule has 6 heteroatoms. The molecule has 4 nitrogen and oxygen atoms in total. The van der Waals surface area contributed by atoms with Gasteiger partial charge in [0.1, 0.15) is 5.82 Å². The second kappa shape index (κ2) is 8.33. The molecule has 154 valence electrons. The van der Waals surface area contributed by atoms with Gasteiger partial charge in [-0.15, -0.1) is 23.1 Å². The first-order valence-electron chi connectivity index (χ1n) is 10.2. The Bertz CT molecular complexity index is 1100. The number of carbonyl (C=O) groups excluding carboxylic acids is 1. The minimum Gasteiger partial charge on any atom is -0.384 e. The fourth-order valence-electron chi connectivity index (χ4n) is 4.45. The van der Waals surface area contributed by atoms with Crippen molar-refractivity contribution in [2.75, 3.05) is 11.2 Å². The zero-order valence-corrected chi connectivity index (χ0v) is 19.1. The zero-order chi connectivity index (χ0) is 21.4. The first-order valence-corrected chi connectivity index (χ1v) is 12.2. The molecule has 0 spiro atoms. The Kier molecular flexibility index (Phi) is 5.77. The lowest BCUT2D eigenvalue weighted by atomic mass is 9.76. The van der Waals surface area contributed by atoms with Crippen LogP contribution >= 0.6 is 23.1 Å². The molecule has 4 rings (SSSR count). The van der Waals surface area contributed by atoms with Crippen LogP contribution in [0, 0.1) is 18.3 Å². The van der Waals surface area contributed by atoms with Crippen molar-refractivity contribution in [1.29, 1.82) is 5.26 Å². The second-order valence-corrected chi connectivity index (χ2v) is 9.97. The monoisotopic (exact) mass is 435 g/mol. The maximum atomic E-state index is 13.2. The summed E-state index contributed by atoms with van der Waals surface area (Å²) in [6.07, 6.45) is 5.11. The van der Waals surface area contributed by atoms with Crippen molar-refractivity contribution in [2.24, 2.45) is 5.73 Å². The molecule has 1 aliphatic heterocycles. The van der Waals surface area contributed by atoms with E-state index in [1.54, 1.807) is 23.1 Å². The molecule has 1 aromatic heterocycles. The lowest BCUT2D eigenvalue weighted by molar-refractivity contribution is -0.116. The minimum absolute atomic E-state index is 0.132. The van der Waals surface area contributed by atoms with Crippen LogP contribution in [0.2, 0.25) is 0 Å². The molecule has 0 radical (unpaired) electrons. The standard InChI is InChI=1S/C24H25N3OS2/c1-4-15-8-10-16(11-9-15)27-19-6-5-7-20(28)22(19)21(18(13-25)23(27)26)17-12-14(2)30-24(17)29-3/h8-12,21H,4-7,26H2,1-3H3/t21-/m1/s1. The summed E-state index contributed by atoms with van der Waals surface area (Å²) in [5.74, 6) is 0.194. The topological polar surface area (TPSA) is 70.1 Å². The molecule has 2 heterocycles. The predicted octanol–water partition coefficient (Wildman–Crippen LogP) is 5.65. The molecule has 0 unspecified atom stereocenters. The third-order valence-electron chi connectivity index (χ3n) is 5.86. The van der Waals surface area contributed by atoms with Gasteiger partial charge in [0.15, 0.2) is 5.78 Å². The van der Waals surface area contributed by atoms with Gasteiger partial charge in [-0.05, 0) is 61.8 Å². The lowest BCUT2D eigenvalue weighted by Crippen LogP contribution is -2.38. The first kappa shape index (κ1) is 20.8. The molecule has 1 aromatic carbocycles. The molecule has 1 atom stereocenters. The number of rotatable bonds is 4. The number of nitriles is 1. The Balaban J connectivity index is 1.95. The third-order valence-corrected chi connectivity index (χ3v) is 8.08. The largest absolute Gasteiger partial charge is 0.384 e. The van der Waals surface area contributed by atoms with E-state index < -0.39 is 0 Å². The van der Waals surface area contributed by atoms with E-state index in [4.69, 9.17) is 5.73 Å². The van der Waals surface area contributed by atoms with Crippen molar-refractivity contribution in [3.8, 4) is 6.07 Å². The highest BCUT2D eigenvalue weighted by atomic mass is 32.2. The number of thiophene rings is 1. The summed E-state index contributed by atoms with van der Waals surface area (Å²) in [6, 6.07) is 12.7. The highest BCUT2D eigenvalue weighted by Crippen LogP contribution is 2.49. The number of hydrogen-bond acceptors (Lipinski definition) is 6. The van der Waals surface area contributed by atoms with Crippen LogP contribution < -0.4 is 10.6 Å². The molecule has 30 heavy (non-hydrogen) atoms. The minimum atomic E-state index is -0.378. The molecule has 0 saturated heterocycles. The SMILES string of the molecule is CCc1ccc(N2C(N)=C(C#N)[C@@H](c3cc(C)sc3SC)C3=C2CCCC3=O)cc1. The zero-order valence-electron chi connectivity index (χ0n) is 17.5. The van der Waals surface area contributed by atoms with Crippen LogP contribution in [0.4, 0.5) is 5.69 Å². The van der Waals surface area contributed by atoms with Crippen molar-refractivity contribution in [2.45, 2.75) is 49.7 Å². The summed E-state index contributed by atoms with van der Waals surface area (Å²) in [6.45, 7) is 4.19. The highest BCUT2D eigenvalue weighted by molar-refractivity contribution is 8.00. The molecule has 1 aliphatic carbocycles. The summed E-state index contributed by atoms with van der Waals surface area (Å²) in [5, 5.41) is 10.1. The predicted molar refractivity (Wildman–Crippen MR) is 125 cm³/mol. The molecule has 2 aliphatic rings. The summed E-state index contributed by atoms with van der Waals surface area (Å²) >= 11 is 3.37. The molecule has 2 N–H and O–H groups in total. The number of carbonyl (C=O) groups is 1. The van der Waals surface area contributed by atoms with E-state index >= 15 is 0 Å². The molecular weight excluding hydrogens is 410 g/mol. The van der Waals surface area contributed by atoms with Crippen LogP contribution in [0.5, 0.6) is 0 Å². The van der Waals surface area contributed by atoms with Crippen LogP contribution in [0.3, 0.4) is 0 Å². The number of nitrogens with zero attached hydrogens (tertiary/aromatic N) is 2. The number of hydrogen-bond donors (Lipinski definition) is 1. The number of thioether (sulfide) groups is 1. The van der Waals surface area contributed by atoms with Crippen molar-refractivity contribution in [1.82, 2.24) is 0 Å². The Morgan fingerprint density at radius 1 is 1.30 bits per heavy atom. The highest BCUT2D eigenvalue weighted by Gasteiger charge is 2.41. The summed E-state index contributed by atoms with van der Waals surface area (Å²) in [5.41, 5.74) is 12.0. The number of Topliss-reactive ketones (excluding diaryl/α,β-unsaturated/α-hetero) is 1. The van der Waals surface area contributed by atoms with Gasteiger partial charge >= 0.3 is 0 Å². The summed E-state index contributed by atoms with van der Waals surface area (Å²) in [7, 11) is 0. The van der Waals surface area contributed by atoms with E-state index in [0.29, 0.717) is 17.8 Å². The maximum Gasteiger partial charge on any atom is 0.161 e. The second-order valence-electron chi connectivity index (χ2n) is 7.64. The molecular formula is C24H25N3OS2. The van der Waals surface area contributed by atoms with Gasteiger partial charge < -0.3 is 5.73 Å². The van der Waals surface area contributed by atoms with Gasteiger partial charge in [0.25, 0.3) is 0 Å². The molecule has 0 amide bonds. The summed E-state index contributed by atoms with van der Waals surface area (Å²) in [4.78, 5) is 16.3. The van der Waals surface area contributed by atoms with Crippen LogP contribution in [-0.4, -0.2) is 12.0 Å². The Hall–Kier alpha value is -2.49. The number of nitrogens with two attached hydrogens (primary N) is 1. The third kappa shape index (κ3) is 3.36.